The van der Waals surface area contributed by atoms with Crippen molar-refractivity contribution in [1.82, 2.24) is 4.90 Å². The minimum absolute atomic E-state index is 0.0836. The molecule has 2 atom stereocenters. The maximum absolute atomic E-state index is 13.8. The van der Waals surface area contributed by atoms with Crippen LogP contribution < -0.4 is 10.6 Å². The van der Waals surface area contributed by atoms with Crippen LogP contribution in [0.4, 0.5) is 20.2 Å². The molecule has 3 rings (SSSR count). The van der Waals surface area contributed by atoms with Crippen molar-refractivity contribution in [3.05, 3.63) is 60.2 Å². The summed E-state index contributed by atoms with van der Waals surface area (Å²) in [6, 6.07) is 11.6. The van der Waals surface area contributed by atoms with E-state index in [-0.39, 0.29) is 17.5 Å². The van der Waals surface area contributed by atoms with E-state index in [1.54, 1.807) is 6.92 Å². The summed E-state index contributed by atoms with van der Waals surface area (Å²) in [6.45, 7) is 2.79. The molecule has 2 aromatic carbocycles. The minimum Gasteiger partial charge on any atom is -0.326 e. The van der Waals surface area contributed by atoms with Gasteiger partial charge < -0.3 is 10.6 Å². The number of carbonyl (C=O) groups excluding carboxylic acids is 2. The molecular formula is C21H23F2N3O2. The predicted octanol–water partition coefficient (Wildman–Crippen LogP) is 3.64. The summed E-state index contributed by atoms with van der Waals surface area (Å²) < 4.78 is 27.1. The first-order chi connectivity index (χ1) is 13.4. The number of nitrogens with one attached hydrogen (secondary N) is 2. The number of nitrogens with zero attached hydrogens (tertiary/aromatic N) is 1. The first-order valence-electron chi connectivity index (χ1n) is 9.30. The average molecular weight is 387 g/mol. The number of amides is 2. The van der Waals surface area contributed by atoms with E-state index in [2.05, 4.69) is 10.6 Å². The summed E-state index contributed by atoms with van der Waals surface area (Å²) in [5, 5.41) is 5.33. The zero-order chi connectivity index (χ0) is 20.1. The van der Waals surface area contributed by atoms with Crippen molar-refractivity contribution in [3.63, 3.8) is 0 Å². The van der Waals surface area contributed by atoms with Crippen molar-refractivity contribution in [2.24, 2.45) is 5.92 Å². The fourth-order valence-corrected chi connectivity index (χ4v) is 3.33. The van der Waals surface area contributed by atoms with Gasteiger partial charge in [0.1, 0.15) is 11.6 Å². The Labute approximate surface area is 162 Å². The smallest absolute Gasteiger partial charge is 0.241 e. The summed E-state index contributed by atoms with van der Waals surface area (Å²) in [5.74, 6) is -2.08. The molecule has 28 heavy (non-hydrogen) atoms. The summed E-state index contributed by atoms with van der Waals surface area (Å²) in [5.41, 5.74) is 0.546. The average Bonchev–Trinajstić information content (AvgIpc) is 2.71. The third-order valence-corrected chi connectivity index (χ3v) is 4.98. The molecule has 1 aliphatic rings. The van der Waals surface area contributed by atoms with Crippen molar-refractivity contribution >= 4 is 23.2 Å². The number of para-hydroxylation sites is 1. The SMILES string of the molecule is C[C@H](C(=O)Nc1cc(F)ccc1F)N1CCC[C@@H](C(=O)Nc2ccccc2)C1. The maximum Gasteiger partial charge on any atom is 0.241 e. The van der Waals surface area contributed by atoms with Gasteiger partial charge in [-0.1, -0.05) is 18.2 Å². The Bertz CT molecular complexity index is 845. The topological polar surface area (TPSA) is 61.4 Å². The van der Waals surface area contributed by atoms with Gasteiger partial charge in [0.05, 0.1) is 17.6 Å². The molecule has 0 aliphatic carbocycles. The van der Waals surface area contributed by atoms with Crippen LogP contribution >= 0.6 is 0 Å². The van der Waals surface area contributed by atoms with Gasteiger partial charge in [-0.05, 0) is 50.6 Å². The van der Waals surface area contributed by atoms with Crippen LogP contribution in [0.1, 0.15) is 19.8 Å². The highest BCUT2D eigenvalue weighted by molar-refractivity contribution is 5.95. The molecule has 2 N–H and O–H groups in total. The third-order valence-electron chi connectivity index (χ3n) is 4.98. The van der Waals surface area contributed by atoms with Crippen LogP contribution in [0.2, 0.25) is 0 Å². The number of benzene rings is 2. The molecule has 1 saturated heterocycles. The van der Waals surface area contributed by atoms with Crippen LogP contribution in [0.5, 0.6) is 0 Å². The zero-order valence-electron chi connectivity index (χ0n) is 15.6. The highest BCUT2D eigenvalue weighted by Crippen LogP contribution is 2.22. The normalized spacial score (nSPS) is 18.3. The van der Waals surface area contributed by atoms with E-state index in [9.17, 15) is 18.4 Å². The molecule has 0 unspecified atom stereocenters. The number of halogens is 2. The van der Waals surface area contributed by atoms with Crippen molar-refractivity contribution in [3.8, 4) is 0 Å². The molecule has 148 valence electrons. The number of hydrogen-bond acceptors (Lipinski definition) is 3. The number of piperidine rings is 1. The first-order valence-corrected chi connectivity index (χ1v) is 9.30. The molecule has 1 fully saturated rings. The number of hydrogen-bond donors (Lipinski definition) is 2. The van der Waals surface area contributed by atoms with Gasteiger partial charge in [-0.25, -0.2) is 8.78 Å². The van der Waals surface area contributed by atoms with Crippen LogP contribution in [0, 0.1) is 17.6 Å². The van der Waals surface area contributed by atoms with Gasteiger partial charge in [-0.15, -0.1) is 0 Å². The van der Waals surface area contributed by atoms with Gasteiger partial charge in [-0.3, -0.25) is 14.5 Å². The fourth-order valence-electron chi connectivity index (χ4n) is 3.33. The van der Waals surface area contributed by atoms with Crippen LogP contribution in [0.3, 0.4) is 0 Å². The molecule has 2 aromatic rings. The van der Waals surface area contributed by atoms with Crippen molar-refractivity contribution in [1.29, 1.82) is 0 Å². The van der Waals surface area contributed by atoms with Gasteiger partial charge >= 0.3 is 0 Å². The molecule has 0 radical (unpaired) electrons. The lowest BCUT2D eigenvalue weighted by Crippen LogP contribution is -2.49. The number of anilines is 2. The van der Waals surface area contributed by atoms with E-state index in [1.165, 1.54) is 0 Å². The molecule has 0 aromatic heterocycles. The summed E-state index contributed by atoms with van der Waals surface area (Å²) in [7, 11) is 0. The van der Waals surface area contributed by atoms with Crippen LogP contribution in [0.25, 0.3) is 0 Å². The number of rotatable bonds is 5. The van der Waals surface area contributed by atoms with E-state index in [4.69, 9.17) is 0 Å². The minimum atomic E-state index is -0.694. The highest BCUT2D eigenvalue weighted by atomic mass is 19.1. The first kappa shape index (κ1) is 19.9. The van der Waals surface area contributed by atoms with Gasteiger partial charge in [-0.2, -0.15) is 0 Å². The Morgan fingerprint density at radius 2 is 1.86 bits per heavy atom. The second-order valence-corrected chi connectivity index (χ2v) is 6.98. The van der Waals surface area contributed by atoms with Crippen LogP contribution in [-0.2, 0) is 9.59 Å². The lowest BCUT2D eigenvalue weighted by molar-refractivity contribution is -0.125. The zero-order valence-corrected chi connectivity index (χ0v) is 15.6. The molecule has 0 bridgehead atoms. The van der Waals surface area contributed by atoms with Gasteiger partial charge in [0.25, 0.3) is 0 Å². The van der Waals surface area contributed by atoms with Gasteiger partial charge in [0.15, 0.2) is 0 Å². The van der Waals surface area contributed by atoms with Gasteiger partial charge in [0, 0.05) is 18.3 Å². The molecule has 1 heterocycles. The Morgan fingerprint density at radius 1 is 1.11 bits per heavy atom. The van der Waals surface area contributed by atoms with E-state index in [0.717, 1.165) is 36.7 Å². The van der Waals surface area contributed by atoms with E-state index in [0.29, 0.717) is 13.1 Å². The quantitative estimate of drug-likeness (QED) is 0.823. The van der Waals surface area contributed by atoms with Crippen LogP contribution in [-0.4, -0.2) is 35.8 Å². The Kier molecular flexibility index (Phi) is 6.36. The lowest BCUT2D eigenvalue weighted by Gasteiger charge is -2.35. The highest BCUT2D eigenvalue weighted by Gasteiger charge is 2.31. The van der Waals surface area contributed by atoms with Crippen LogP contribution in [0.15, 0.2) is 48.5 Å². The Hall–Kier alpha value is -2.80. The van der Waals surface area contributed by atoms with E-state index in [1.807, 2.05) is 35.2 Å². The lowest BCUT2D eigenvalue weighted by atomic mass is 9.95. The summed E-state index contributed by atoms with van der Waals surface area (Å²) >= 11 is 0. The Morgan fingerprint density at radius 3 is 2.61 bits per heavy atom. The monoisotopic (exact) mass is 387 g/mol. The molecule has 5 nitrogen and oxygen atoms in total. The molecule has 1 aliphatic heterocycles. The second-order valence-electron chi connectivity index (χ2n) is 6.98. The second kappa shape index (κ2) is 8.93. The Balaban J connectivity index is 1.60. The van der Waals surface area contributed by atoms with E-state index < -0.39 is 23.6 Å². The number of carbonyl (C=O) groups is 2. The molecule has 0 spiro atoms. The van der Waals surface area contributed by atoms with Crippen molar-refractivity contribution in [2.45, 2.75) is 25.8 Å². The molecule has 2 amide bonds. The molecule has 7 heteroatoms. The maximum atomic E-state index is 13.8. The largest absolute Gasteiger partial charge is 0.326 e. The van der Waals surface area contributed by atoms with Gasteiger partial charge in [0.2, 0.25) is 11.8 Å². The van der Waals surface area contributed by atoms with Crippen molar-refractivity contribution in [2.75, 3.05) is 23.7 Å². The fraction of sp³-hybridized carbons (Fsp3) is 0.333. The third kappa shape index (κ3) is 4.92. The summed E-state index contributed by atoms with van der Waals surface area (Å²) in [4.78, 5) is 26.9. The van der Waals surface area contributed by atoms with Crippen molar-refractivity contribution < 1.29 is 18.4 Å². The molecular weight excluding hydrogens is 364 g/mol. The van der Waals surface area contributed by atoms with E-state index >= 15 is 0 Å². The summed E-state index contributed by atoms with van der Waals surface area (Å²) in [6.07, 6.45) is 1.51. The number of likely N-dealkylation sites (tertiary alicyclic amines) is 1. The molecule has 0 saturated carbocycles. The predicted molar refractivity (Wildman–Crippen MR) is 104 cm³/mol. The standard InChI is InChI=1S/C21H23F2N3O2/c1-14(20(27)25-19-12-16(22)9-10-18(19)23)26-11-5-6-15(13-26)21(28)24-17-7-3-2-4-8-17/h2-4,7-10,12,14-15H,5-6,11,13H2,1H3,(H,24,28)(H,25,27)/t14-,15-/m1/s1.